The second-order valence-corrected chi connectivity index (χ2v) is 4.83. The van der Waals surface area contributed by atoms with Gasteiger partial charge in [0, 0.05) is 30.8 Å². The van der Waals surface area contributed by atoms with Gasteiger partial charge in [-0.25, -0.2) is 9.37 Å². The van der Waals surface area contributed by atoms with Gasteiger partial charge in [0.15, 0.2) is 0 Å². The van der Waals surface area contributed by atoms with Crippen LogP contribution < -0.4 is 5.32 Å². The van der Waals surface area contributed by atoms with Gasteiger partial charge in [-0.1, -0.05) is 0 Å². The van der Waals surface area contributed by atoms with E-state index in [2.05, 4.69) is 15.3 Å². The van der Waals surface area contributed by atoms with Crippen molar-refractivity contribution in [1.29, 1.82) is 0 Å². The second-order valence-electron chi connectivity index (χ2n) is 4.83. The fourth-order valence-electron chi connectivity index (χ4n) is 2.18. The molecule has 1 heterocycles. The summed E-state index contributed by atoms with van der Waals surface area (Å²) < 4.78 is 13.1. The molecule has 0 unspecified atom stereocenters. The van der Waals surface area contributed by atoms with E-state index in [1.165, 1.54) is 24.3 Å². The number of aromatic amines is 1. The third-order valence-corrected chi connectivity index (χ3v) is 3.26. The number of hydrogen-bond donors (Lipinski definition) is 2. The van der Waals surface area contributed by atoms with Crippen LogP contribution in [0.1, 0.15) is 5.82 Å². The van der Waals surface area contributed by atoms with E-state index in [0.29, 0.717) is 18.5 Å². The first kappa shape index (κ1) is 14.0. The smallest absolute Gasteiger partial charge is 0.269 e. The van der Waals surface area contributed by atoms with E-state index in [1.54, 1.807) is 18.2 Å². The molecule has 3 aromatic rings. The molecule has 0 radical (unpaired) electrons. The Kier molecular flexibility index (Phi) is 3.69. The van der Waals surface area contributed by atoms with Crippen LogP contribution in [0.5, 0.6) is 0 Å². The van der Waals surface area contributed by atoms with Gasteiger partial charge in [-0.05, 0) is 30.3 Å². The molecule has 0 fully saturated rings. The predicted molar refractivity (Wildman–Crippen MR) is 81.3 cm³/mol. The highest BCUT2D eigenvalue weighted by Crippen LogP contribution is 2.16. The van der Waals surface area contributed by atoms with Gasteiger partial charge in [0.05, 0.1) is 16.0 Å². The molecule has 0 spiro atoms. The summed E-state index contributed by atoms with van der Waals surface area (Å²) in [6.45, 7) is 0.611. The average Bonchev–Trinajstić information content (AvgIpc) is 2.89. The summed E-state index contributed by atoms with van der Waals surface area (Å²) in [5, 5.41) is 13.7. The van der Waals surface area contributed by atoms with Crippen molar-refractivity contribution >= 4 is 22.4 Å². The molecule has 0 atom stereocenters. The van der Waals surface area contributed by atoms with Crippen LogP contribution in [-0.2, 0) is 6.42 Å². The fraction of sp³-hybridized carbons (Fsp3) is 0.133. The first-order valence-corrected chi connectivity index (χ1v) is 6.74. The number of non-ortho nitro benzene ring substituents is 1. The zero-order valence-corrected chi connectivity index (χ0v) is 11.5. The summed E-state index contributed by atoms with van der Waals surface area (Å²) in [4.78, 5) is 17.6. The van der Waals surface area contributed by atoms with E-state index in [-0.39, 0.29) is 11.5 Å². The number of H-pyrrole nitrogens is 1. The molecule has 112 valence electrons. The van der Waals surface area contributed by atoms with E-state index in [0.717, 1.165) is 17.0 Å². The number of rotatable bonds is 5. The van der Waals surface area contributed by atoms with Crippen molar-refractivity contribution in [2.45, 2.75) is 6.42 Å². The summed E-state index contributed by atoms with van der Waals surface area (Å²) in [7, 11) is 0. The Balaban J connectivity index is 1.60. The Labute approximate surface area is 125 Å². The van der Waals surface area contributed by atoms with Crippen molar-refractivity contribution in [3.05, 3.63) is 64.2 Å². The number of imidazole rings is 1. The van der Waals surface area contributed by atoms with Gasteiger partial charge >= 0.3 is 0 Å². The number of fused-ring (bicyclic) bond motifs is 1. The maximum Gasteiger partial charge on any atom is 0.269 e. The molecule has 0 aliphatic carbocycles. The third-order valence-electron chi connectivity index (χ3n) is 3.26. The number of anilines is 1. The minimum Gasteiger partial charge on any atom is -0.385 e. The first-order valence-electron chi connectivity index (χ1n) is 6.74. The zero-order valence-electron chi connectivity index (χ0n) is 11.5. The van der Waals surface area contributed by atoms with Crippen LogP contribution in [0.15, 0.2) is 42.5 Å². The van der Waals surface area contributed by atoms with Crippen molar-refractivity contribution < 1.29 is 9.31 Å². The molecule has 7 heteroatoms. The quantitative estimate of drug-likeness (QED) is 0.559. The van der Waals surface area contributed by atoms with E-state index in [1.807, 2.05) is 0 Å². The Morgan fingerprint density at radius 2 is 2.00 bits per heavy atom. The van der Waals surface area contributed by atoms with Gasteiger partial charge in [-0.2, -0.15) is 0 Å². The average molecular weight is 300 g/mol. The Morgan fingerprint density at radius 3 is 2.73 bits per heavy atom. The molecular weight excluding hydrogens is 287 g/mol. The van der Waals surface area contributed by atoms with E-state index in [9.17, 15) is 14.5 Å². The number of nitro groups is 1. The SMILES string of the molecule is O=[N+]([O-])c1ccc(NCCc2nc3ccc(F)cc3[nH]2)cc1. The van der Waals surface area contributed by atoms with Gasteiger partial charge in [0.1, 0.15) is 11.6 Å². The second kappa shape index (κ2) is 5.80. The number of aromatic nitrogens is 2. The number of nitro benzene ring substituents is 1. The van der Waals surface area contributed by atoms with Crippen LogP contribution in [0, 0.1) is 15.9 Å². The summed E-state index contributed by atoms with van der Waals surface area (Å²) >= 11 is 0. The van der Waals surface area contributed by atoms with E-state index in [4.69, 9.17) is 0 Å². The first-order chi connectivity index (χ1) is 10.6. The summed E-state index contributed by atoms with van der Waals surface area (Å²) in [6, 6.07) is 10.6. The monoisotopic (exact) mass is 300 g/mol. The number of nitrogens with zero attached hydrogens (tertiary/aromatic N) is 2. The molecular formula is C15H13FN4O2. The highest BCUT2D eigenvalue weighted by molar-refractivity contribution is 5.74. The molecule has 0 bridgehead atoms. The van der Waals surface area contributed by atoms with Crippen molar-refractivity contribution in [3.63, 3.8) is 0 Å². The lowest BCUT2D eigenvalue weighted by Crippen LogP contribution is -2.05. The van der Waals surface area contributed by atoms with Crippen molar-refractivity contribution in [3.8, 4) is 0 Å². The molecule has 0 amide bonds. The van der Waals surface area contributed by atoms with E-state index < -0.39 is 4.92 Å². The van der Waals surface area contributed by atoms with Gasteiger partial charge in [-0.15, -0.1) is 0 Å². The standard InChI is InChI=1S/C15H13FN4O2/c16-10-1-6-13-14(9-10)19-15(18-13)7-8-17-11-2-4-12(5-3-11)20(21)22/h1-6,9,17H,7-8H2,(H,18,19). The van der Waals surface area contributed by atoms with Crippen molar-refractivity contribution in [2.24, 2.45) is 0 Å². The van der Waals surface area contributed by atoms with Crippen LogP contribution in [0.3, 0.4) is 0 Å². The van der Waals surface area contributed by atoms with Gasteiger partial charge in [-0.3, -0.25) is 10.1 Å². The molecule has 22 heavy (non-hydrogen) atoms. The number of benzene rings is 2. The van der Waals surface area contributed by atoms with Crippen LogP contribution in [-0.4, -0.2) is 21.4 Å². The van der Waals surface area contributed by atoms with Gasteiger partial charge < -0.3 is 10.3 Å². The normalized spacial score (nSPS) is 10.8. The molecule has 0 saturated carbocycles. The fourth-order valence-corrected chi connectivity index (χ4v) is 2.18. The molecule has 0 aliphatic heterocycles. The topological polar surface area (TPSA) is 83.8 Å². The maximum absolute atomic E-state index is 13.1. The molecule has 2 N–H and O–H groups in total. The molecule has 2 aromatic carbocycles. The molecule has 6 nitrogen and oxygen atoms in total. The van der Waals surface area contributed by atoms with Crippen LogP contribution in [0.4, 0.5) is 15.8 Å². The Morgan fingerprint density at radius 1 is 1.23 bits per heavy atom. The lowest BCUT2D eigenvalue weighted by molar-refractivity contribution is -0.384. The summed E-state index contributed by atoms with van der Waals surface area (Å²) in [6.07, 6.45) is 0.632. The van der Waals surface area contributed by atoms with Gasteiger partial charge in [0.2, 0.25) is 0 Å². The van der Waals surface area contributed by atoms with E-state index >= 15 is 0 Å². The van der Waals surface area contributed by atoms with Crippen molar-refractivity contribution in [1.82, 2.24) is 9.97 Å². The largest absolute Gasteiger partial charge is 0.385 e. The zero-order chi connectivity index (χ0) is 15.5. The molecule has 0 saturated heterocycles. The minimum atomic E-state index is -0.433. The Bertz CT molecular complexity index is 814. The van der Waals surface area contributed by atoms with Crippen LogP contribution in [0.2, 0.25) is 0 Å². The summed E-state index contributed by atoms with van der Waals surface area (Å²) in [5.74, 6) is 0.460. The lowest BCUT2D eigenvalue weighted by Gasteiger charge is -2.04. The number of nitrogens with one attached hydrogen (secondary N) is 2. The maximum atomic E-state index is 13.1. The number of hydrogen-bond acceptors (Lipinski definition) is 4. The third kappa shape index (κ3) is 3.03. The van der Waals surface area contributed by atoms with Crippen LogP contribution in [0.25, 0.3) is 11.0 Å². The predicted octanol–water partition coefficient (Wildman–Crippen LogP) is 3.26. The van der Waals surface area contributed by atoms with Crippen LogP contribution >= 0.6 is 0 Å². The minimum absolute atomic E-state index is 0.0601. The highest BCUT2D eigenvalue weighted by atomic mass is 19.1. The molecule has 3 rings (SSSR count). The number of halogens is 1. The van der Waals surface area contributed by atoms with Gasteiger partial charge in [0.25, 0.3) is 5.69 Å². The summed E-state index contributed by atoms with van der Waals surface area (Å²) in [5.41, 5.74) is 2.26. The molecule has 1 aromatic heterocycles. The highest BCUT2D eigenvalue weighted by Gasteiger charge is 2.05. The lowest BCUT2D eigenvalue weighted by atomic mass is 10.3. The Hall–Kier alpha value is -2.96. The van der Waals surface area contributed by atoms with Crippen molar-refractivity contribution in [2.75, 3.05) is 11.9 Å². The molecule has 0 aliphatic rings.